The van der Waals surface area contributed by atoms with E-state index in [1.165, 1.54) is 19.3 Å². The lowest BCUT2D eigenvalue weighted by atomic mass is 10.2. The van der Waals surface area contributed by atoms with E-state index in [0.29, 0.717) is 11.3 Å². The minimum Gasteiger partial charge on any atom is -0.548 e. The maximum atomic E-state index is 12.2. The number of furan rings is 1. The van der Waals surface area contributed by atoms with Gasteiger partial charge < -0.3 is 25.0 Å². The van der Waals surface area contributed by atoms with Crippen molar-refractivity contribution < 1.29 is 23.9 Å². The van der Waals surface area contributed by atoms with E-state index in [0.717, 1.165) is 0 Å². The van der Waals surface area contributed by atoms with Crippen LogP contribution in [0.5, 0.6) is 0 Å². The Kier molecular flexibility index (Phi) is 5.51. The lowest BCUT2D eigenvalue weighted by Gasteiger charge is -2.16. The van der Waals surface area contributed by atoms with Gasteiger partial charge in [-0.15, -0.1) is 0 Å². The van der Waals surface area contributed by atoms with Crippen LogP contribution in [0.3, 0.4) is 0 Å². The monoisotopic (exact) mass is 327 g/mol. The van der Waals surface area contributed by atoms with Gasteiger partial charge in [-0.1, -0.05) is 18.2 Å². The van der Waals surface area contributed by atoms with Crippen molar-refractivity contribution in [3.8, 4) is 0 Å². The Morgan fingerprint density at radius 3 is 2.42 bits per heavy atom. The normalized spacial score (nSPS) is 12.3. The number of carboxylic acid groups (broad SMARTS) is 1. The van der Waals surface area contributed by atoms with Crippen LogP contribution in [0, 0.1) is 0 Å². The van der Waals surface area contributed by atoms with Crippen LogP contribution in [-0.4, -0.2) is 23.8 Å². The third-order valence-corrected chi connectivity index (χ3v) is 3.06. The quantitative estimate of drug-likeness (QED) is 0.742. The van der Waals surface area contributed by atoms with Gasteiger partial charge in [0.05, 0.1) is 18.3 Å². The Bertz CT molecular complexity index is 751. The van der Waals surface area contributed by atoms with Crippen LogP contribution in [-0.2, 0) is 9.59 Å². The zero-order chi connectivity index (χ0) is 17.5. The van der Waals surface area contributed by atoms with Gasteiger partial charge in [-0.3, -0.25) is 9.59 Å². The summed E-state index contributed by atoms with van der Waals surface area (Å²) in [4.78, 5) is 35.2. The van der Waals surface area contributed by atoms with Crippen LogP contribution in [0.2, 0.25) is 0 Å². The molecule has 2 amide bonds. The highest BCUT2D eigenvalue weighted by atomic mass is 16.4. The largest absolute Gasteiger partial charge is 0.548 e. The fraction of sp³-hybridized carbons (Fsp3) is 0.118. The lowest BCUT2D eigenvalue weighted by Crippen LogP contribution is -2.48. The molecule has 1 aromatic carbocycles. The Labute approximate surface area is 138 Å². The summed E-state index contributed by atoms with van der Waals surface area (Å²) in [7, 11) is 0. The molecule has 0 unspecified atom stereocenters. The number of aliphatic carboxylic acids is 1. The van der Waals surface area contributed by atoms with Crippen LogP contribution >= 0.6 is 0 Å². The van der Waals surface area contributed by atoms with Crippen LogP contribution < -0.4 is 15.7 Å². The number of carbonyl (C=O) groups is 3. The number of carbonyl (C=O) groups excluding carboxylic acids is 3. The first-order valence-corrected chi connectivity index (χ1v) is 7.10. The van der Waals surface area contributed by atoms with Crippen molar-refractivity contribution >= 4 is 23.9 Å². The first-order chi connectivity index (χ1) is 11.5. The summed E-state index contributed by atoms with van der Waals surface area (Å²) in [6.07, 6.45) is 2.71. The molecule has 0 saturated carbocycles. The summed E-state index contributed by atoms with van der Waals surface area (Å²) >= 11 is 0. The van der Waals surface area contributed by atoms with Gasteiger partial charge in [0.1, 0.15) is 11.5 Å². The van der Waals surface area contributed by atoms with Gasteiger partial charge in [0.25, 0.3) is 11.8 Å². The minimum absolute atomic E-state index is 0.146. The average molecular weight is 327 g/mol. The van der Waals surface area contributed by atoms with E-state index in [-0.39, 0.29) is 5.70 Å². The zero-order valence-electron chi connectivity index (χ0n) is 12.8. The van der Waals surface area contributed by atoms with E-state index in [2.05, 4.69) is 10.6 Å². The van der Waals surface area contributed by atoms with Gasteiger partial charge in [0.15, 0.2) is 0 Å². The fourth-order valence-corrected chi connectivity index (χ4v) is 1.79. The van der Waals surface area contributed by atoms with Gasteiger partial charge in [0, 0.05) is 11.6 Å². The van der Waals surface area contributed by atoms with E-state index in [9.17, 15) is 19.5 Å². The molecule has 24 heavy (non-hydrogen) atoms. The van der Waals surface area contributed by atoms with Crippen molar-refractivity contribution in [3.05, 3.63) is 65.7 Å². The number of nitrogens with one attached hydrogen (secondary N) is 2. The maximum absolute atomic E-state index is 12.2. The summed E-state index contributed by atoms with van der Waals surface area (Å²) in [5.41, 5.74) is 0.204. The van der Waals surface area contributed by atoms with E-state index in [1.807, 2.05) is 0 Å². The van der Waals surface area contributed by atoms with E-state index in [4.69, 9.17) is 4.42 Å². The number of rotatable bonds is 6. The number of amides is 2. The molecule has 0 bridgehead atoms. The molecular formula is C17H15N2O5-. The minimum atomic E-state index is -1.44. The second-order valence-corrected chi connectivity index (χ2v) is 4.91. The predicted octanol–water partition coefficient (Wildman–Crippen LogP) is 0.305. The molecule has 7 nitrogen and oxygen atoms in total. The molecule has 0 aliphatic heterocycles. The molecule has 1 atom stereocenters. The molecule has 0 saturated heterocycles. The van der Waals surface area contributed by atoms with E-state index in [1.54, 1.807) is 42.5 Å². The van der Waals surface area contributed by atoms with Crippen molar-refractivity contribution in [2.45, 2.75) is 13.0 Å². The molecule has 1 aromatic heterocycles. The van der Waals surface area contributed by atoms with Crippen molar-refractivity contribution in [3.63, 3.8) is 0 Å². The molecule has 2 aromatic rings. The van der Waals surface area contributed by atoms with Crippen molar-refractivity contribution in [2.75, 3.05) is 0 Å². The molecule has 2 N–H and O–H groups in total. The zero-order valence-corrected chi connectivity index (χ0v) is 12.8. The highest BCUT2D eigenvalue weighted by Crippen LogP contribution is 2.08. The van der Waals surface area contributed by atoms with Crippen LogP contribution in [0.25, 0.3) is 6.08 Å². The summed E-state index contributed by atoms with van der Waals surface area (Å²) in [5.74, 6) is -2.39. The van der Waals surface area contributed by atoms with Crippen molar-refractivity contribution in [1.29, 1.82) is 0 Å². The number of benzene rings is 1. The van der Waals surface area contributed by atoms with Crippen molar-refractivity contribution in [2.24, 2.45) is 0 Å². The first kappa shape index (κ1) is 17.0. The van der Waals surface area contributed by atoms with Crippen LogP contribution in [0.4, 0.5) is 0 Å². The Hall–Kier alpha value is -3.35. The Balaban J connectivity index is 2.22. The third kappa shape index (κ3) is 4.57. The topological polar surface area (TPSA) is 111 Å². The predicted molar refractivity (Wildman–Crippen MR) is 83.2 cm³/mol. The van der Waals surface area contributed by atoms with Gasteiger partial charge in [0.2, 0.25) is 0 Å². The molecule has 7 heteroatoms. The third-order valence-electron chi connectivity index (χ3n) is 3.06. The highest BCUT2D eigenvalue weighted by Gasteiger charge is 2.17. The number of carboxylic acids is 1. The lowest BCUT2D eigenvalue weighted by molar-refractivity contribution is -0.307. The van der Waals surface area contributed by atoms with Crippen molar-refractivity contribution in [1.82, 2.24) is 10.6 Å². The average Bonchev–Trinajstić information content (AvgIpc) is 3.07. The maximum Gasteiger partial charge on any atom is 0.268 e. The van der Waals surface area contributed by atoms with Gasteiger partial charge in [-0.05, 0) is 31.2 Å². The molecule has 124 valence electrons. The molecule has 0 fully saturated rings. The molecule has 0 aliphatic rings. The molecule has 0 spiro atoms. The van der Waals surface area contributed by atoms with Gasteiger partial charge in [-0.2, -0.15) is 0 Å². The fourth-order valence-electron chi connectivity index (χ4n) is 1.79. The van der Waals surface area contributed by atoms with E-state index < -0.39 is 23.8 Å². The molecule has 0 radical (unpaired) electrons. The molecule has 1 heterocycles. The summed E-state index contributed by atoms with van der Waals surface area (Å²) in [6, 6.07) is 10.3. The van der Waals surface area contributed by atoms with Crippen LogP contribution in [0.1, 0.15) is 23.0 Å². The van der Waals surface area contributed by atoms with Gasteiger partial charge in [-0.25, -0.2) is 0 Å². The number of hydrogen-bond donors (Lipinski definition) is 2. The van der Waals surface area contributed by atoms with Crippen LogP contribution in [0.15, 0.2) is 58.8 Å². The first-order valence-electron chi connectivity index (χ1n) is 7.10. The highest BCUT2D eigenvalue weighted by molar-refractivity contribution is 6.05. The molecular weight excluding hydrogens is 312 g/mol. The molecule has 0 aliphatic carbocycles. The molecule has 2 rings (SSSR count). The smallest absolute Gasteiger partial charge is 0.268 e. The van der Waals surface area contributed by atoms with Gasteiger partial charge >= 0.3 is 0 Å². The number of hydrogen-bond acceptors (Lipinski definition) is 5. The Morgan fingerprint density at radius 1 is 1.12 bits per heavy atom. The SMILES string of the molecule is C[C@@H](NC(=O)C(=Cc1ccco1)NC(=O)c1ccccc1)C(=O)[O-]. The van der Waals surface area contributed by atoms with E-state index >= 15 is 0 Å². The summed E-state index contributed by atoms with van der Waals surface area (Å²) in [5, 5.41) is 15.4. The summed E-state index contributed by atoms with van der Waals surface area (Å²) < 4.78 is 5.12. The second-order valence-electron chi connectivity index (χ2n) is 4.91. The second kappa shape index (κ2) is 7.77. The summed E-state index contributed by atoms with van der Waals surface area (Å²) in [6.45, 7) is 1.26. The Morgan fingerprint density at radius 2 is 1.83 bits per heavy atom. The standard InChI is InChI=1S/C17H16N2O5/c1-11(17(22)23)18-16(21)14(10-13-8-5-9-24-13)19-15(20)12-6-3-2-4-7-12/h2-11H,1H3,(H,18,21)(H,19,20)(H,22,23)/p-1/t11-/m1/s1.